The van der Waals surface area contributed by atoms with Crippen LogP contribution in [-0.2, 0) is 23.9 Å². The van der Waals surface area contributed by atoms with Gasteiger partial charge in [-0.15, -0.1) is 0 Å². The largest absolute Gasteiger partial charge is 0.481 e. The van der Waals surface area contributed by atoms with E-state index >= 15 is 0 Å². The molecule has 6 heteroatoms. The minimum atomic E-state index is -0.937. The molecule has 4 unspecified atom stereocenters. The monoisotopic (exact) mass is 368 g/mol. The molecule has 0 radical (unpaired) electrons. The van der Waals surface area contributed by atoms with E-state index in [-0.39, 0.29) is 19.2 Å². The second kappa shape index (κ2) is 8.87. The predicted octanol–water partition coefficient (Wildman–Crippen LogP) is 3.43. The standard InChI is InChI=1S/C20H32O6/c1-13(2)12-20(9-8-14(20)3)19(24)26-11-10-25-18(23)16-7-5-4-6-15(16)17(21)22/h13-16H,4-12H2,1-3H3,(H,21,22). The molecule has 2 aliphatic carbocycles. The van der Waals surface area contributed by atoms with Crippen molar-refractivity contribution >= 4 is 17.9 Å². The Kier molecular flexibility index (Phi) is 7.07. The molecule has 6 nitrogen and oxygen atoms in total. The second-order valence-electron chi connectivity index (χ2n) is 8.33. The van der Waals surface area contributed by atoms with Gasteiger partial charge >= 0.3 is 17.9 Å². The zero-order valence-corrected chi connectivity index (χ0v) is 16.2. The lowest BCUT2D eigenvalue weighted by atomic mass is 9.57. The van der Waals surface area contributed by atoms with E-state index < -0.39 is 29.2 Å². The predicted molar refractivity (Wildman–Crippen MR) is 95.3 cm³/mol. The van der Waals surface area contributed by atoms with Crippen molar-refractivity contribution < 1.29 is 29.0 Å². The van der Waals surface area contributed by atoms with Crippen LogP contribution >= 0.6 is 0 Å². The highest BCUT2D eigenvalue weighted by atomic mass is 16.6. The fourth-order valence-corrected chi connectivity index (χ4v) is 4.44. The maximum Gasteiger partial charge on any atom is 0.312 e. The Labute approximate surface area is 155 Å². The first-order valence-corrected chi connectivity index (χ1v) is 9.84. The van der Waals surface area contributed by atoms with Crippen LogP contribution in [0.3, 0.4) is 0 Å². The van der Waals surface area contributed by atoms with E-state index in [1.54, 1.807) is 0 Å². The third kappa shape index (κ3) is 4.57. The van der Waals surface area contributed by atoms with Gasteiger partial charge < -0.3 is 14.6 Å². The molecule has 1 N–H and O–H groups in total. The van der Waals surface area contributed by atoms with Crippen LogP contribution in [-0.4, -0.2) is 36.2 Å². The highest BCUT2D eigenvalue weighted by Gasteiger charge is 2.51. The Balaban J connectivity index is 1.78. The maximum atomic E-state index is 12.5. The molecule has 0 amide bonds. The Bertz CT molecular complexity index is 528. The average Bonchev–Trinajstić information content (AvgIpc) is 2.61. The van der Waals surface area contributed by atoms with Crippen LogP contribution in [0.15, 0.2) is 0 Å². The van der Waals surface area contributed by atoms with Gasteiger partial charge in [-0.1, -0.05) is 33.6 Å². The van der Waals surface area contributed by atoms with Gasteiger partial charge in [0.2, 0.25) is 0 Å². The molecule has 2 rings (SSSR count). The van der Waals surface area contributed by atoms with Gasteiger partial charge in [-0.05, 0) is 43.9 Å². The zero-order chi connectivity index (χ0) is 19.3. The number of esters is 2. The van der Waals surface area contributed by atoms with Crippen molar-refractivity contribution in [3.63, 3.8) is 0 Å². The number of carboxylic acid groups (broad SMARTS) is 1. The van der Waals surface area contributed by atoms with E-state index in [0.29, 0.717) is 24.7 Å². The number of carboxylic acids is 1. The smallest absolute Gasteiger partial charge is 0.312 e. The molecule has 148 valence electrons. The molecule has 0 aromatic carbocycles. The zero-order valence-electron chi connectivity index (χ0n) is 16.2. The van der Waals surface area contributed by atoms with Crippen LogP contribution in [0.1, 0.15) is 65.7 Å². The minimum Gasteiger partial charge on any atom is -0.481 e. The first kappa shape index (κ1) is 20.7. The van der Waals surface area contributed by atoms with Crippen LogP contribution < -0.4 is 0 Å². The van der Waals surface area contributed by atoms with Crippen molar-refractivity contribution in [1.82, 2.24) is 0 Å². The fraction of sp³-hybridized carbons (Fsp3) is 0.850. The van der Waals surface area contributed by atoms with E-state index in [1.807, 2.05) is 0 Å². The molecular formula is C20H32O6. The van der Waals surface area contributed by atoms with Crippen LogP contribution in [0.2, 0.25) is 0 Å². The van der Waals surface area contributed by atoms with E-state index in [2.05, 4.69) is 20.8 Å². The summed E-state index contributed by atoms with van der Waals surface area (Å²) < 4.78 is 10.6. The lowest BCUT2D eigenvalue weighted by molar-refractivity contribution is -0.173. The number of carbonyl (C=O) groups excluding carboxylic acids is 2. The summed E-state index contributed by atoms with van der Waals surface area (Å²) in [6, 6.07) is 0. The van der Waals surface area contributed by atoms with Crippen molar-refractivity contribution in [1.29, 1.82) is 0 Å². The van der Waals surface area contributed by atoms with Gasteiger partial charge in [0.25, 0.3) is 0 Å². The molecule has 26 heavy (non-hydrogen) atoms. The van der Waals surface area contributed by atoms with Crippen molar-refractivity contribution in [3.8, 4) is 0 Å². The van der Waals surface area contributed by atoms with Crippen molar-refractivity contribution in [2.45, 2.75) is 65.7 Å². The Morgan fingerprint density at radius 2 is 1.65 bits per heavy atom. The van der Waals surface area contributed by atoms with Gasteiger partial charge in [-0.2, -0.15) is 0 Å². The maximum absolute atomic E-state index is 12.5. The Morgan fingerprint density at radius 3 is 2.15 bits per heavy atom. The Morgan fingerprint density at radius 1 is 1.04 bits per heavy atom. The highest BCUT2D eigenvalue weighted by Crippen LogP contribution is 2.51. The minimum absolute atomic E-state index is 0.0143. The Hall–Kier alpha value is -1.59. The van der Waals surface area contributed by atoms with Crippen LogP contribution in [0.4, 0.5) is 0 Å². The van der Waals surface area contributed by atoms with E-state index in [4.69, 9.17) is 9.47 Å². The summed E-state index contributed by atoms with van der Waals surface area (Å²) >= 11 is 0. The highest BCUT2D eigenvalue weighted by molar-refractivity contribution is 5.81. The van der Waals surface area contributed by atoms with Gasteiger partial charge in [0, 0.05) is 0 Å². The summed E-state index contributed by atoms with van der Waals surface area (Å²) in [7, 11) is 0. The number of hydrogen-bond donors (Lipinski definition) is 1. The summed E-state index contributed by atoms with van der Waals surface area (Å²) in [5, 5.41) is 9.24. The van der Waals surface area contributed by atoms with E-state index in [0.717, 1.165) is 32.1 Å². The molecule has 0 aromatic rings. The molecule has 0 spiro atoms. The third-order valence-corrected chi connectivity index (χ3v) is 6.09. The van der Waals surface area contributed by atoms with Crippen molar-refractivity contribution in [2.24, 2.45) is 29.1 Å². The number of ether oxygens (including phenoxy) is 2. The van der Waals surface area contributed by atoms with Gasteiger partial charge in [0.15, 0.2) is 0 Å². The fourth-order valence-electron chi connectivity index (χ4n) is 4.44. The molecular weight excluding hydrogens is 336 g/mol. The molecule has 4 atom stereocenters. The molecule has 2 aliphatic rings. The second-order valence-corrected chi connectivity index (χ2v) is 8.33. The lowest BCUT2D eigenvalue weighted by Gasteiger charge is -2.46. The molecule has 2 fully saturated rings. The van der Waals surface area contributed by atoms with Crippen molar-refractivity contribution in [3.05, 3.63) is 0 Å². The SMILES string of the molecule is CC(C)CC1(C(=O)OCCOC(=O)C2CCCCC2C(=O)O)CCC1C. The van der Waals surface area contributed by atoms with Gasteiger partial charge in [0.1, 0.15) is 13.2 Å². The van der Waals surface area contributed by atoms with Crippen molar-refractivity contribution in [2.75, 3.05) is 13.2 Å². The summed E-state index contributed by atoms with van der Waals surface area (Å²) in [6.45, 7) is 6.30. The molecule has 0 aliphatic heterocycles. The van der Waals surface area contributed by atoms with Crippen LogP contribution in [0, 0.1) is 29.1 Å². The topological polar surface area (TPSA) is 89.9 Å². The molecule has 2 saturated carbocycles. The lowest BCUT2D eigenvalue weighted by Crippen LogP contribution is -2.47. The first-order chi connectivity index (χ1) is 12.3. The van der Waals surface area contributed by atoms with E-state index in [9.17, 15) is 19.5 Å². The number of carbonyl (C=O) groups is 3. The van der Waals surface area contributed by atoms with Crippen LogP contribution in [0.5, 0.6) is 0 Å². The van der Waals surface area contributed by atoms with Gasteiger partial charge in [-0.25, -0.2) is 0 Å². The van der Waals surface area contributed by atoms with Gasteiger partial charge in [0.05, 0.1) is 17.3 Å². The molecule has 0 bridgehead atoms. The molecule has 0 aromatic heterocycles. The van der Waals surface area contributed by atoms with E-state index in [1.165, 1.54) is 0 Å². The normalized spacial score (nSPS) is 31.2. The summed E-state index contributed by atoms with van der Waals surface area (Å²) in [5.74, 6) is -2.13. The van der Waals surface area contributed by atoms with Gasteiger partial charge in [-0.3, -0.25) is 14.4 Å². The summed E-state index contributed by atoms with van der Waals surface area (Å²) in [5.41, 5.74) is -0.393. The van der Waals surface area contributed by atoms with Crippen LogP contribution in [0.25, 0.3) is 0 Å². The first-order valence-electron chi connectivity index (χ1n) is 9.84. The molecule has 0 saturated heterocycles. The summed E-state index contributed by atoms with van der Waals surface area (Å²) in [4.78, 5) is 36.0. The number of rotatable bonds is 8. The third-order valence-electron chi connectivity index (χ3n) is 6.09. The summed E-state index contributed by atoms with van der Waals surface area (Å²) in [6.07, 6.45) is 5.43. The quantitative estimate of drug-likeness (QED) is 0.521. The number of aliphatic carboxylic acids is 1. The molecule has 0 heterocycles. The number of hydrogen-bond acceptors (Lipinski definition) is 5. The average molecular weight is 368 g/mol.